The summed E-state index contributed by atoms with van der Waals surface area (Å²) < 4.78 is 6.82. The van der Waals surface area contributed by atoms with Crippen LogP contribution in [0.4, 0.5) is 0 Å². The third kappa shape index (κ3) is 3.66. The van der Waals surface area contributed by atoms with E-state index in [-0.39, 0.29) is 11.9 Å². The number of benzene rings is 1. The maximum Gasteiger partial charge on any atom is 0.224 e. The van der Waals surface area contributed by atoms with Crippen LogP contribution in [0.5, 0.6) is 5.75 Å². The molecule has 25 heavy (non-hydrogen) atoms. The van der Waals surface area contributed by atoms with Crippen molar-refractivity contribution in [3.63, 3.8) is 0 Å². The van der Waals surface area contributed by atoms with Crippen molar-refractivity contribution in [2.75, 3.05) is 13.7 Å². The molecular formula is C18H24N4O3. The first-order valence-electron chi connectivity index (χ1n) is 8.53. The van der Waals surface area contributed by atoms with Crippen LogP contribution in [0.3, 0.4) is 0 Å². The molecule has 1 fully saturated rings. The zero-order valence-electron chi connectivity index (χ0n) is 14.6. The van der Waals surface area contributed by atoms with Crippen LogP contribution in [0.25, 0.3) is 0 Å². The number of carbonyl (C=O) groups excluding carboxylic acids is 1. The van der Waals surface area contributed by atoms with Crippen LogP contribution in [0, 0.1) is 0 Å². The summed E-state index contributed by atoms with van der Waals surface area (Å²) in [5.74, 6) is 0.776. The SMILES string of the molecule is COc1ccc([C@@](C)(O)[C@H]2CCCN2C(=O)CCn2ccnn2)cc1. The number of aliphatic hydroxyl groups is 1. The molecule has 134 valence electrons. The summed E-state index contributed by atoms with van der Waals surface area (Å²) in [5.41, 5.74) is -0.319. The van der Waals surface area contributed by atoms with Gasteiger partial charge in [0.1, 0.15) is 11.4 Å². The van der Waals surface area contributed by atoms with Crippen LogP contribution in [0.15, 0.2) is 36.7 Å². The van der Waals surface area contributed by atoms with Gasteiger partial charge in [0.05, 0.1) is 25.9 Å². The number of methoxy groups -OCH3 is 1. The van der Waals surface area contributed by atoms with E-state index >= 15 is 0 Å². The quantitative estimate of drug-likeness (QED) is 0.860. The zero-order chi connectivity index (χ0) is 17.9. The van der Waals surface area contributed by atoms with Crippen molar-refractivity contribution in [1.82, 2.24) is 19.9 Å². The number of hydrogen-bond donors (Lipinski definition) is 1. The molecule has 1 amide bonds. The van der Waals surface area contributed by atoms with E-state index in [1.807, 2.05) is 24.3 Å². The Morgan fingerprint density at radius 2 is 2.16 bits per heavy atom. The van der Waals surface area contributed by atoms with Crippen LogP contribution >= 0.6 is 0 Å². The molecule has 2 atom stereocenters. The highest BCUT2D eigenvalue weighted by Gasteiger charge is 2.42. The number of carbonyl (C=O) groups is 1. The van der Waals surface area contributed by atoms with Gasteiger partial charge in [0.15, 0.2) is 0 Å². The summed E-state index contributed by atoms with van der Waals surface area (Å²) in [7, 11) is 1.61. The Hall–Kier alpha value is -2.41. The van der Waals surface area contributed by atoms with Crippen molar-refractivity contribution in [3.8, 4) is 5.75 Å². The molecule has 1 aromatic heterocycles. The molecule has 0 aliphatic carbocycles. The fourth-order valence-electron chi connectivity index (χ4n) is 3.48. The van der Waals surface area contributed by atoms with Gasteiger partial charge in [0, 0.05) is 19.2 Å². The molecule has 0 spiro atoms. The normalized spacial score (nSPS) is 19.6. The Balaban J connectivity index is 1.71. The topological polar surface area (TPSA) is 80.5 Å². The summed E-state index contributed by atoms with van der Waals surface area (Å²) >= 11 is 0. The molecule has 1 aliphatic heterocycles. The van der Waals surface area contributed by atoms with E-state index < -0.39 is 5.60 Å². The molecule has 0 bridgehead atoms. The van der Waals surface area contributed by atoms with Crippen molar-refractivity contribution in [2.24, 2.45) is 0 Å². The van der Waals surface area contributed by atoms with Crippen LogP contribution in [-0.4, -0.2) is 50.6 Å². The third-order valence-electron chi connectivity index (χ3n) is 4.92. The lowest BCUT2D eigenvalue weighted by Gasteiger charge is -2.37. The highest BCUT2D eigenvalue weighted by molar-refractivity contribution is 5.77. The van der Waals surface area contributed by atoms with Gasteiger partial charge in [-0.3, -0.25) is 9.48 Å². The van der Waals surface area contributed by atoms with Crippen LogP contribution in [0.1, 0.15) is 31.7 Å². The van der Waals surface area contributed by atoms with Crippen LogP contribution in [-0.2, 0) is 16.9 Å². The van der Waals surface area contributed by atoms with Gasteiger partial charge in [-0.05, 0) is 37.5 Å². The number of ether oxygens (including phenoxy) is 1. The maximum atomic E-state index is 12.7. The minimum Gasteiger partial charge on any atom is -0.497 e. The van der Waals surface area contributed by atoms with Crippen LogP contribution in [0.2, 0.25) is 0 Å². The van der Waals surface area contributed by atoms with Gasteiger partial charge in [0.25, 0.3) is 0 Å². The average Bonchev–Trinajstić information content (AvgIpc) is 3.31. The van der Waals surface area contributed by atoms with Crippen molar-refractivity contribution >= 4 is 5.91 Å². The van der Waals surface area contributed by atoms with Gasteiger partial charge in [-0.25, -0.2) is 0 Å². The number of aromatic nitrogens is 3. The van der Waals surface area contributed by atoms with E-state index in [0.717, 1.165) is 24.2 Å². The molecule has 2 aromatic rings. The number of nitrogens with zero attached hydrogens (tertiary/aromatic N) is 4. The fourth-order valence-corrected chi connectivity index (χ4v) is 3.48. The Bertz CT molecular complexity index is 698. The van der Waals surface area contributed by atoms with Gasteiger partial charge < -0.3 is 14.7 Å². The second-order valence-electron chi connectivity index (χ2n) is 6.54. The van der Waals surface area contributed by atoms with E-state index in [2.05, 4.69) is 10.3 Å². The van der Waals surface area contributed by atoms with E-state index in [9.17, 15) is 9.90 Å². The Labute approximate surface area is 147 Å². The molecule has 1 saturated heterocycles. The molecule has 0 saturated carbocycles. The fraction of sp³-hybridized carbons (Fsp3) is 0.500. The smallest absolute Gasteiger partial charge is 0.224 e. The largest absolute Gasteiger partial charge is 0.497 e. The molecule has 2 heterocycles. The first-order chi connectivity index (χ1) is 12.0. The maximum absolute atomic E-state index is 12.7. The lowest BCUT2D eigenvalue weighted by Crippen LogP contribution is -2.48. The Morgan fingerprint density at radius 1 is 1.40 bits per heavy atom. The third-order valence-corrected chi connectivity index (χ3v) is 4.92. The molecular weight excluding hydrogens is 320 g/mol. The minimum absolute atomic E-state index is 0.0341. The number of likely N-dealkylation sites (tertiary alicyclic amines) is 1. The van der Waals surface area contributed by atoms with Gasteiger partial charge >= 0.3 is 0 Å². The average molecular weight is 344 g/mol. The molecule has 1 aromatic carbocycles. The standard InChI is InChI=1S/C18H24N4O3/c1-18(24,14-5-7-15(25-2)8-6-14)16-4-3-11-22(16)17(23)9-12-21-13-10-19-20-21/h5-8,10,13,16,24H,3-4,9,11-12H2,1-2H3/t16-,18-/m1/s1. The predicted molar refractivity (Wildman–Crippen MR) is 91.9 cm³/mol. The molecule has 0 radical (unpaired) electrons. The van der Waals surface area contributed by atoms with Gasteiger partial charge in [-0.1, -0.05) is 17.3 Å². The van der Waals surface area contributed by atoms with E-state index in [4.69, 9.17) is 4.74 Å². The zero-order valence-corrected chi connectivity index (χ0v) is 14.6. The van der Waals surface area contributed by atoms with Crippen molar-refractivity contribution < 1.29 is 14.6 Å². The van der Waals surface area contributed by atoms with Crippen molar-refractivity contribution in [2.45, 2.75) is 44.4 Å². The summed E-state index contributed by atoms with van der Waals surface area (Å²) in [6.07, 6.45) is 5.36. The van der Waals surface area contributed by atoms with E-state index in [1.54, 1.807) is 36.0 Å². The second kappa shape index (κ2) is 7.23. The lowest BCUT2D eigenvalue weighted by molar-refractivity contribution is -0.138. The second-order valence-corrected chi connectivity index (χ2v) is 6.54. The summed E-state index contributed by atoms with van der Waals surface area (Å²) in [5, 5.41) is 18.8. The lowest BCUT2D eigenvalue weighted by atomic mass is 9.86. The Morgan fingerprint density at radius 3 is 2.80 bits per heavy atom. The Kier molecular flexibility index (Phi) is 5.03. The number of aryl methyl sites for hydroxylation is 1. The molecule has 3 rings (SSSR count). The minimum atomic E-state index is -1.11. The molecule has 1 N–H and O–H groups in total. The first kappa shape index (κ1) is 17.4. The van der Waals surface area contributed by atoms with E-state index in [1.165, 1.54) is 0 Å². The molecule has 0 unspecified atom stereocenters. The summed E-state index contributed by atoms with van der Waals surface area (Å²) in [4.78, 5) is 14.5. The monoisotopic (exact) mass is 344 g/mol. The van der Waals surface area contributed by atoms with Crippen LogP contribution < -0.4 is 4.74 Å². The number of hydrogen-bond acceptors (Lipinski definition) is 5. The molecule has 7 nitrogen and oxygen atoms in total. The van der Waals surface area contributed by atoms with Gasteiger partial charge in [-0.2, -0.15) is 0 Å². The number of rotatable bonds is 6. The van der Waals surface area contributed by atoms with Gasteiger partial charge in [0.2, 0.25) is 5.91 Å². The predicted octanol–water partition coefficient (Wildman–Crippen LogP) is 1.58. The summed E-state index contributed by atoms with van der Waals surface area (Å²) in [6.45, 7) is 2.95. The van der Waals surface area contributed by atoms with Crippen molar-refractivity contribution in [3.05, 3.63) is 42.2 Å². The molecule has 1 aliphatic rings. The number of amides is 1. The highest BCUT2D eigenvalue weighted by Crippen LogP contribution is 2.35. The molecule has 7 heteroatoms. The summed E-state index contributed by atoms with van der Waals surface area (Å²) in [6, 6.07) is 7.14. The van der Waals surface area contributed by atoms with Crippen molar-refractivity contribution in [1.29, 1.82) is 0 Å². The first-order valence-corrected chi connectivity index (χ1v) is 8.53. The van der Waals surface area contributed by atoms with E-state index in [0.29, 0.717) is 19.5 Å². The van der Waals surface area contributed by atoms with Gasteiger partial charge in [-0.15, -0.1) is 5.10 Å². The highest BCUT2D eigenvalue weighted by atomic mass is 16.5.